The molecule has 10 nitrogen and oxygen atoms in total. The molecule has 604 valence electrons. The smallest absolute Gasteiger partial charge is 0.378 e. The van der Waals surface area contributed by atoms with Crippen molar-refractivity contribution < 1.29 is 22.6 Å². The minimum Gasteiger partial charge on any atom is -0.378 e. The lowest BCUT2D eigenvalue weighted by Crippen LogP contribution is -2.37. The van der Waals surface area contributed by atoms with Crippen LogP contribution in [0.1, 0.15) is 234 Å². The SMILES string of the molecule is C.CN1CCC2C[C@@H]1c1c(-c3ccc(C(F)(F)F)cc3)cccc12.CN1CCC2C[C@@H]1c1c(-c3ccccc3)cccc12.CN1CCC2C[C@@H]1c1c(Cl)cccc12.CN1CCC2C[C@@H]1c1c2cccc1N1CCOCC1.CN1CCC2C[C@@H]1c1c2cccc1N1CCOCC1.Cc1ccc(N2CCC3C[C@@H]2c2cc(Cl)ccc23)cc1. The first-order valence-electron chi connectivity index (χ1n) is 42.8. The van der Waals surface area contributed by atoms with Gasteiger partial charge in [-0.3, -0.25) is 24.5 Å². The normalized spacial score (nSPS) is 26.9. The van der Waals surface area contributed by atoms with Crippen LogP contribution in [-0.2, 0) is 15.7 Å². The Kier molecular flexibility index (Phi) is 23.7. The highest BCUT2D eigenvalue weighted by Crippen LogP contribution is 2.58. The average molecular weight is 1590 g/mol. The van der Waals surface area contributed by atoms with E-state index in [0.29, 0.717) is 42.2 Å². The van der Waals surface area contributed by atoms with Gasteiger partial charge in [-0.05, 0) is 331 Å². The minimum absolute atomic E-state index is 0. The molecule has 8 saturated heterocycles. The topological polar surface area (TPSA) is 44.4 Å². The second-order valence-electron chi connectivity index (χ2n) is 35.2. The summed E-state index contributed by atoms with van der Waals surface area (Å²) in [6, 6.07) is 68.5. The van der Waals surface area contributed by atoms with E-state index < -0.39 is 11.7 Å². The molecule has 15 heteroatoms. The van der Waals surface area contributed by atoms with Crippen LogP contribution in [0.5, 0.6) is 0 Å². The molecule has 115 heavy (non-hydrogen) atoms. The number of likely N-dealkylation sites (tertiary alicyclic amines) is 5. The van der Waals surface area contributed by atoms with Gasteiger partial charge < -0.3 is 24.2 Å². The molecule has 8 aliphatic heterocycles. The first-order valence-corrected chi connectivity index (χ1v) is 43.5. The van der Waals surface area contributed by atoms with E-state index in [1.807, 2.05) is 24.3 Å². The molecule has 9 aromatic carbocycles. The number of morpholine rings is 2. The number of anilines is 3. The van der Waals surface area contributed by atoms with Crippen molar-refractivity contribution in [1.82, 2.24) is 24.5 Å². The number of hydrogen-bond acceptors (Lipinski definition) is 10. The van der Waals surface area contributed by atoms with Crippen LogP contribution >= 0.6 is 23.2 Å². The second kappa shape index (κ2) is 34.1. The summed E-state index contributed by atoms with van der Waals surface area (Å²) in [5, 5.41) is 1.82. The van der Waals surface area contributed by atoms with Gasteiger partial charge in [-0.2, -0.15) is 13.2 Å². The number of piperidine rings is 6. The third-order valence-electron chi connectivity index (χ3n) is 28.9. The van der Waals surface area contributed by atoms with Gasteiger partial charge in [0.15, 0.2) is 0 Å². The quantitative estimate of drug-likeness (QED) is 0.167. The first kappa shape index (κ1) is 79.9. The summed E-state index contributed by atoms with van der Waals surface area (Å²) in [7, 11) is 11.2. The molecule has 23 rings (SSSR count). The fraction of sp³-hybridized carbons (Fsp3) is 0.460. The number of nitrogens with zero attached hydrogens (tertiary/aromatic N) is 8. The summed E-state index contributed by atoms with van der Waals surface area (Å²) in [6.45, 7) is 16.9. The molecule has 0 spiro atoms. The fourth-order valence-corrected chi connectivity index (χ4v) is 23.4. The zero-order valence-corrected chi connectivity index (χ0v) is 69.0. The Morgan fingerprint density at radius 1 is 0.339 bits per heavy atom. The standard InChI is InChI=1S/C19H18F3N.C18H18ClN.C18H19N.2C16H22N2O.C12H14ClN.CH4/c1-23-10-9-13-11-17(23)18-15(3-2-4-16(13)18)12-5-7-14(8-6-12)19(20,21)22;1-12-2-5-15(6-3-12)20-9-8-13-10-18(20)17-11-14(19)4-7-16(13)17;1-19-11-10-14-12-17(19)18-15(8-5-9-16(14)18)13-6-3-2-4-7-13;2*1-17-6-5-12-11-15(17)16-13(12)3-2-4-14(16)18-7-9-19-10-8-18;1-14-6-5-8-7-11(14)12-9(8)3-2-4-10(12)13;/h2-8,13,17H,9-11H2,1H3;2-7,11,13,18H,8-10H2,1H3;2-9,14,17H,10-12H2,1H3;2*2-4,12,15H,5-11H2,1H3;2-4,8,11H,5-7H2,1H3;1H4/t13?,17-;13?,18-;14?,17-;2*12?,15-;8?,11-;/m111111./s1. The van der Waals surface area contributed by atoms with Gasteiger partial charge in [0.25, 0.3) is 0 Å². The van der Waals surface area contributed by atoms with Crippen LogP contribution in [-0.4, -0.2) is 152 Å². The molecular formula is C100H117Cl2F3N8O2. The van der Waals surface area contributed by atoms with Crippen molar-refractivity contribution >= 4 is 40.3 Å². The van der Waals surface area contributed by atoms with Crippen LogP contribution in [0, 0.1) is 6.92 Å². The summed E-state index contributed by atoms with van der Waals surface area (Å²) in [6.07, 6.45) is 11.0. The van der Waals surface area contributed by atoms with Crippen molar-refractivity contribution in [3.05, 3.63) is 276 Å². The molecule has 0 N–H and O–H groups in total. The van der Waals surface area contributed by atoms with E-state index in [2.05, 4.69) is 221 Å². The van der Waals surface area contributed by atoms with Gasteiger partial charge in [-0.1, -0.05) is 170 Å². The van der Waals surface area contributed by atoms with Crippen molar-refractivity contribution in [3.63, 3.8) is 0 Å². The van der Waals surface area contributed by atoms with Gasteiger partial charge in [0, 0.05) is 90.0 Å². The van der Waals surface area contributed by atoms with Gasteiger partial charge in [-0.25, -0.2) is 0 Å². The van der Waals surface area contributed by atoms with Crippen LogP contribution in [0.3, 0.4) is 0 Å². The predicted molar refractivity (Wildman–Crippen MR) is 467 cm³/mol. The summed E-state index contributed by atoms with van der Waals surface area (Å²) in [5.74, 6) is 4.49. The number of halogens is 5. The lowest BCUT2D eigenvalue weighted by Gasteiger charge is -2.35. The fourth-order valence-electron chi connectivity index (χ4n) is 22.9. The maximum absolute atomic E-state index is 12.8. The highest BCUT2D eigenvalue weighted by atomic mass is 35.5. The Morgan fingerprint density at radius 3 is 1.17 bits per heavy atom. The maximum atomic E-state index is 12.8. The third-order valence-corrected chi connectivity index (χ3v) is 29.5. The number of ether oxygens (including phenoxy) is 2. The number of benzene rings is 9. The van der Waals surface area contributed by atoms with Crippen molar-refractivity contribution in [2.24, 2.45) is 0 Å². The Bertz CT molecular complexity index is 4810. The molecule has 8 heterocycles. The van der Waals surface area contributed by atoms with E-state index >= 15 is 0 Å². The second-order valence-corrected chi connectivity index (χ2v) is 36.0. The molecule has 9 aromatic rings. The number of aryl methyl sites for hydroxylation is 1. The van der Waals surface area contributed by atoms with Crippen LogP contribution < -0.4 is 14.7 Å². The zero-order chi connectivity index (χ0) is 78.0. The molecule has 8 fully saturated rings. The summed E-state index contributed by atoms with van der Waals surface area (Å²) in [5.41, 5.74) is 28.0. The Labute approximate surface area is 692 Å². The summed E-state index contributed by atoms with van der Waals surface area (Å²) >= 11 is 12.5. The van der Waals surface area contributed by atoms with E-state index in [1.54, 1.807) is 45.5 Å². The molecule has 12 atom stereocenters. The molecule has 0 amide bonds. The number of alkyl halides is 3. The molecule has 0 radical (unpaired) electrons. The first-order chi connectivity index (χ1) is 55.5. The average Bonchev–Trinajstić information content (AvgIpc) is 1.64. The van der Waals surface area contributed by atoms with Crippen molar-refractivity contribution in [3.8, 4) is 22.3 Å². The van der Waals surface area contributed by atoms with E-state index in [0.717, 1.165) is 129 Å². The molecule has 6 aliphatic carbocycles. The Morgan fingerprint density at radius 2 is 0.713 bits per heavy atom. The van der Waals surface area contributed by atoms with E-state index in [4.69, 9.17) is 32.7 Å². The molecule has 0 aromatic heterocycles. The Balaban J connectivity index is 0.0000000998. The zero-order valence-electron chi connectivity index (χ0n) is 67.5. The summed E-state index contributed by atoms with van der Waals surface area (Å²) in [4.78, 5) is 20.0. The van der Waals surface area contributed by atoms with Crippen molar-refractivity contribution in [2.75, 3.05) is 142 Å². The highest BCUT2D eigenvalue weighted by Gasteiger charge is 2.45. The molecule has 14 aliphatic rings. The lowest BCUT2D eigenvalue weighted by atomic mass is 9.93. The van der Waals surface area contributed by atoms with Crippen LogP contribution in [0.4, 0.5) is 30.2 Å². The lowest BCUT2D eigenvalue weighted by molar-refractivity contribution is -0.137. The van der Waals surface area contributed by atoms with Gasteiger partial charge in [0.1, 0.15) is 0 Å². The van der Waals surface area contributed by atoms with Crippen LogP contribution in [0.2, 0.25) is 10.0 Å². The van der Waals surface area contributed by atoms with E-state index in [9.17, 15) is 13.2 Å². The molecule has 0 saturated carbocycles. The molecular weight excluding hydrogens is 1470 g/mol. The monoisotopic (exact) mass is 1590 g/mol. The maximum Gasteiger partial charge on any atom is 0.416 e. The molecule has 6 unspecified atom stereocenters. The van der Waals surface area contributed by atoms with Gasteiger partial charge >= 0.3 is 6.18 Å². The van der Waals surface area contributed by atoms with Crippen LogP contribution in [0.25, 0.3) is 22.3 Å². The molecule has 12 bridgehead atoms. The third kappa shape index (κ3) is 15.8. The van der Waals surface area contributed by atoms with Gasteiger partial charge in [0.05, 0.1) is 38.0 Å². The number of rotatable bonds is 5. The predicted octanol–water partition coefficient (Wildman–Crippen LogP) is 23.2. The number of hydrogen-bond donors (Lipinski definition) is 0. The van der Waals surface area contributed by atoms with Crippen molar-refractivity contribution in [2.45, 2.75) is 169 Å². The van der Waals surface area contributed by atoms with Crippen molar-refractivity contribution in [1.29, 1.82) is 0 Å². The largest absolute Gasteiger partial charge is 0.416 e. The van der Waals surface area contributed by atoms with E-state index in [1.165, 1.54) is 170 Å². The van der Waals surface area contributed by atoms with Gasteiger partial charge in [0.2, 0.25) is 0 Å². The van der Waals surface area contributed by atoms with Crippen LogP contribution in [0.15, 0.2) is 188 Å². The minimum atomic E-state index is -4.28. The Hall–Kier alpha value is -7.53. The highest BCUT2D eigenvalue weighted by molar-refractivity contribution is 6.31. The number of fused-ring (bicyclic) bond motifs is 30. The van der Waals surface area contributed by atoms with Gasteiger partial charge in [-0.15, -0.1) is 0 Å². The summed E-state index contributed by atoms with van der Waals surface area (Å²) < 4.78 is 49.3. The van der Waals surface area contributed by atoms with E-state index in [-0.39, 0.29) is 7.43 Å².